The van der Waals surface area contributed by atoms with Crippen molar-refractivity contribution in [2.24, 2.45) is 0 Å². The van der Waals surface area contributed by atoms with Crippen LogP contribution in [-0.2, 0) is 15.7 Å². The summed E-state index contributed by atoms with van der Waals surface area (Å²) in [5, 5.41) is 3.16. The summed E-state index contributed by atoms with van der Waals surface area (Å²) in [7, 11) is 3.44. The molecule has 0 saturated carbocycles. The zero-order valence-corrected chi connectivity index (χ0v) is 19.8. The van der Waals surface area contributed by atoms with Gasteiger partial charge in [0, 0.05) is 52.1 Å². The second kappa shape index (κ2) is 13.3. The van der Waals surface area contributed by atoms with Gasteiger partial charge < -0.3 is 24.0 Å². The average Bonchev–Trinajstić information content (AvgIpc) is 2.81. The summed E-state index contributed by atoms with van der Waals surface area (Å²) >= 11 is 1.51. The van der Waals surface area contributed by atoms with E-state index in [1.165, 1.54) is 24.1 Å². The molecule has 1 saturated heterocycles. The van der Waals surface area contributed by atoms with Crippen molar-refractivity contribution in [3.63, 3.8) is 0 Å². The van der Waals surface area contributed by atoms with Crippen LogP contribution in [0.5, 0.6) is 11.5 Å². The minimum Gasteiger partial charge on any atom is -0.457 e. The van der Waals surface area contributed by atoms with E-state index in [0.717, 1.165) is 44.1 Å². The predicted octanol–water partition coefficient (Wildman–Crippen LogP) is 4.67. The van der Waals surface area contributed by atoms with Gasteiger partial charge in [0.05, 0.1) is 18.8 Å². The Morgan fingerprint density at radius 2 is 1.58 bits per heavy atom. The van der Waals surface area contributed by atoms with Crippen LogP contribution in [0.25, 0.3) is 0 Å². The van der Waals surface area contributed by atoms with Gasteiger partial charge in [-0.1, -0.05) is 11.9 Å². The normalized spacial score (nSPS) is 13.5. The van der Waals surface area contributed by atoms with E-state index in [1.807, 2.05) is 22.7 Å². The Hall–Kier alpha value is -2.43. The molecule has 1 aliphatic rings. The first-order valence-electron chi connectivity index (χ1n) is 10.5. The summed E-state index contributed by atoms with van der Waals surface area (Å²) in [5.74, 6) is 0.897. The maximum absolute atomic E-state index is 12.6. The van der Waals surface area contributed by atoms with E-state index in [0.29, 0.717) is 24.5 Å². The molecule has 1 fully saturated rings. The number of carbonyl (C=O) groups excluding carboxylic acids is 1. The van der Waals surface area contributed by atoms with Crippen molar-refractivity contribution in [1.29, 1.82) is 0 Å². The lowest BCUT2D eigenvalue weighted by Crippen LogP contribution is -2.30. The number of rotatable bonds is 7. The Kier molecular flexibility index (Phi) is 10.8. The molecule has 0 bridgehead atoms. The van der Waals surface area contributed by atoms with Crippen molar-refractivity contribution < 1.29 is 27.4 Å². The van der Waals surface area contributed by atoms with E-state index < -0.39 is 11.7 Å². The van der Waals surface area contributed by atoms with Crippen LogP contribution in [0.3, 0.4) is 0 Å². The molecule has 10 heteroatoms. The highest BCUT2D eigenvalue weighted by Gasteiger charge is 2.30. The second-order valence-corrected chi connectivity index (χ2v) is 8.11. The summed E-state index contributed by atoms with van der Waals surface area (Å²) in [6.45, 7) is 4.40. The Labute approximate surface area is 197 Å². The van der Waals surface area contributed by atoms with Crippen molar-refractivity contribution in [3.05, 3.63) is 54.1 Å². The molecular weight excluding hydrogens is 455 g/mol. The summed E-state index contributed by atoms with van der Waals surface area (Å²) < 4.78 is 50.3. The van der Waals surface area contributed by atoms with Gasteiger partial charge in [0.2, 0.25) is 5.91 Å². The van der Waals surface area contributed by atoms with Crippen molar-refractivity contribution in [2.75, 3.05) is 57.5 Å². The number of benzene rings is 2. The third kappa shape index (κ3) is 9.53. The van der Waals surface area contributed by atoms with Crippen LogP contribution in [0.1, 0.15) is 12.0 Å². The molecule has 1 N–H and O–H groups in total. The molecule has 2 aromatic carbocycles. The van der Waals surface area contributed by atoms with E-state index in [1.54, 1.807) is 31.1 Å². The molecule has 0 radical (unpaired) electrons. The molecule has 182 valence electrons. The second-order valence-electron chi connectivity index (χ2n) is 7.30. The van der Waals surface area contributed by atoms with Crippen LogP contribution in [0.15, 0.2) is 48.5 Å². The van der Waals surface area contributed by atoms with Gasteiger partial charge in [0.15, 0.2) is 0 Å². The third-order valence-corrected chi connectivity index (χ3v) is 5.47. The molecule has 1 aliphatic heterocycles. The number of ether oxygens (including phenoxy) is 2. The van der Waals surface area contributed by atoms with E-state index >= 15 is 0 Å². The number of nitrogens with one attached hydrogen (secondary N) is 1. The zero-order chi connectivity index (χ0) is 24.3. The number of hydrogen-bond donors (Lipinski definition) is 1. The Morgan fingerprint density at radius 3 is 1.97 bits per heavy atom. The monoisotopic (exact) mass is 485 g/mol. The topological polar surface area (TPSA) is 54.0 Å². The quantitative estimate of drug-likeness (QED) is 0.576. The van der Waals surface area contributed by atoms with Gasteiger partial charge in [-0.05, 0) is 48.5 Å². The van der Waals surface area contributed by atoms with Gasteiger partial charge >= 0.3 is 6.18 Å². The van der Waals surface area contributed by atoms with Crippen molar-refractivity contribution >= 4 is 23.5 Å². The first kappa shape index (κ1) is 26.8. The number of nitrogens with zero attached hydrogens (tertiary/aromatic N) is 2. The largest absolute Gasteiger partial charge is 0.457 e. The first-order valence-corrected chi connectivity index (χ1v) is 11.6. The lowest BCUT2D eigenvalue weighted by atomic mass is 10.2. The third-order valence-electron chi connectivity index (χ3n) is 4.64. The molecule has 0 aliphatic carbocycles. The zero-order valence-electron chi connectivity index (χ0n) is 19.0. The lowest BCUT2D eigenvalue weighted by molar-refractivity contribution is -0.137. The van der Waals surface area contributed by atoms with Crippen LogP contribution in [0.4, 0.5) is 18.9 Å². The maximum atomic E-state index is 12.6. The number of amides is 1. The van der Waals surface area contributed by atoms with Crippen molar-refractivity contribution in [2.45, 2.75) is 12.6 Å². The molecule has 0 aromatic heterocycles. The molecule has 0 spiro atoms. The Bertz CT molecular complexity index is 831. The van der Waals surface area contributed by atoms with Crippen LogP contribution >= 0.6 is 11.9 Å². The molecule has 2 aromatic rings. The maximum Gasteiger partial charge on any atom is 0.416 e. The number of alkyl halides is 3. The molecule has 0 unspecified atom stereocenters. The predicted molar refractivity (Wildman–Crippen MR) is 126 cm³/mol. The lowest BCUT2D eigenvalue weighted by Gasteiger charge is -2.22. The molecule has 1 amide bonds. The molecule has 3 rings (SSSR count). The smallest absolute Gasteiger partial charge is 0.416 e. The number of carbonyl (C=O) groups is 1. The molecular formula is C23H30F3N3O3S. The highest BCUT2D eigenvalue weighted by atomic mass is 32.2. The van der Waals surface area contributed by atoms with Crippen LogP contribution < -0.4 is 14.4 Å². The average molecular weight is 486 g/mol. The summed E-state index contributed by atoms with van der Waals surface area (Å²) in [6.07, 6.45) is -2.04. The fraction of sp³-hybridized carbons (Fsp3) is 0.435. The highest BCUT2D eigenvalue weighted by Crippen LogP contribution is 2.32. The molecule has 0 atom stereocenters. The van der Waals surface area contributed by atoms with Gasteiger partial charge in [0.25, 0.3) is 0 Å². The van der Waals surface area contributed by atoms with Gasteiger partial charge in [-0.3, -0.25) is 4.79 Å². The summed E-state index contributed by atoms with van der Waals surface area (Å²) in [5.41, 5.74) is 0.196. The van der Waals surface area contributed by atoms with Crippen LogP contribution in [0.2, 0.25) is 0 Å². The Morgan fingerprint density at radius 1 is 1.03 bits per heavy atom. The number of anilines is 1. The highest BCUT2D eigenvalue weighted by molar-refractivity contribution is 7.99. The van der Waals surface area contributed by atoms with Gasteiger partial charge in [-0.25, -0.2) is 0 Å². The van der Waals surface area contributed by atoms with Gasteiger partial charge in [-0.15, -0.1) is 0 Å². The fourth-order valence-electron chi connectivity index (χ4n) is 2.79. The molecule has 1 heterocycles. The van der Waals surface area contributed by atoms with E-state index in [9.17, 15) is 18.0 Å². The van der Waals surface area contributed by atoms with E-state index in [-0.39, 0.29) is 5.91 Å². The van der Waals surface area contributed by atoms with Gasteiger partial charge in [-0.2, -0.15) is 13.2 Å². The fourth-order valence-corrected chi connectivity index (χ4v) is 3.40. The summed E-state index contributed by atoms with van der Waals surface area (Å²) in [4.78, 5) is 13.3. The minimum absolute atomic E-state index is 0.0521. The number of hydrogen-bond acceptors (Lipinski definition) is 6. The van der Waals surface area contributed by atoms with Crippen molar-refractivity contribution in [3.8, 4) is 11.5 Å². The minimum atomic E-state index is -4.37. The molecule has 33 heavy (non-hydrogen) atoms. The SMILES string of the molecule is C1COCCN1.CSN(CCC(=O)N(C)C)c1ccc(Oc2ccc(C(F)(F)F)cc2)cc1. The Balaban J connectivity index is 0.000000554. The van der Waals surface area contributed by atoms with Gasteiger partial charge in [0.1, 0.15) is 11.5 Å². The van der Waals surface area contributed by atoms with E-state index in [4.69, 9.17) is 9.47 Å². The number of halogens is 3. The summed E-state index contributed by atoms with van der Waals surface area (Å²) in [6, 6.07) is 11.7. The van der Waals surface area contributed by atoms with E-state index in [2.05, 4.69) is 5.32 Å². The molecule has 6 nitrogen and oxygen atoms in total. The van der Waals surface area contributed by atoms with Crippen molar-refractivity contribution in [1.82, 2.24) is 10.2 Å². The number of morpholine rings is 1. The van der Waals surface area contributed by atoms with Crippen LogP contribution in [-0.4, -0.2) is 64.0 Å². The van der Waals surface area contributed by atoms with Crippen LogP contribution in [0, 0.1) is 0 Å². The first-order chi connectivity index (χ1) is 15.7. The standard InChI is InChI=1S/C19H21F3N2O2S.C4H9NO/c1-23(2)18(25)12-13-24(27-3)15-6-10-17(11-7-15)26-16-8-4-14(5-9-16)19(20,21)22;1-3-6-4-2-5-1/h4-11H,12-13H2,1-3H3;5H,1-4H2.